The predicted molar refractivity (Wildman–Crippen MR) is 125 cm³/mol. The second-order valence-corrected chi connectivity index (χ2v) is 9.23. The standard InChI is InChI=1S/C22H24N6O4S/c1-22(2,3)16-10-8-14(9-11-16)19-24-26-21(27(19)4)33-13-18(29)23-25-20(30)15-6-5-7-17(12-15)28(31)32/h5-12H,13H2,1-4H3,(H,23,29)(H,25,30). The molecule has 1 heterocycles. The van der Waals surface area contributed by atoms with Crippen molar-refractivity contribution in [3.63, 3.8) is 0 Å². The summed E-state index contributed by atoms with van der Waals surface area (Å²) in [5, 5.41) is 19.7. The number of amides is 2. The van der Waals surface area contributed by atoms with Crippen molar-refractivity contribution in [3.8, 4) is 11.4 Å². The third-order valence-electron chi connectivity index (χ3n) is 4.81. The number of nitro groups is 1. The molecule has 0 radical (unpaired) electrons. The van der Waals surface area contributed by atoms with E-state index in [9.17, 15) is 19.7 Å². The highest BCUT2D eigenvalue weighted by Crippen LogP contribution is 2.27. The zero-order valence-electron chi connectivity index (χ0n) is 18.7. The minimum atomic E-state index is -0.656. The summed E-state index contributed by atoms with van der Waals surface area (Å²) >= 11 is 1.17. The van der Waals surface area contributed by atoms with Crippen LogP contribution in [0.2, 0.25) is 0 Å². The smallest absolute Gasteiger partial charge is 0.270 e. The van der Waals surface area contributed by atoms with Gasteiger partial charge in [-0.05, 0) is 17.0 Å². The van der Waals surface area contributed by atoms with Gasteiger partial charge in [0, 0.05) is 30.3 Å². The minimum Gasteiger partial charge on any atom is -0.305 e. The minimum absolute atomic E-state index is 0.00977. The summed E-state index contributed by atoms with van der Waals surface area (Å²) in [7, 11) is 1.82. The SMILES string of the molecule is Cn1c(SCC(=O)NNC(=O)c2cccc([N+](=O)[O-])c2)nnc1-c1ccc(C(C)(C)C)cc1. The maximum absolute atomic E-state index is 12.1. The van der Waals surface area contributed by atoms with Gasteiger partial charge >= 0.3 is 0 Å². The monoisotopic (exact) mass is 468 g/mol. The second kappa shape index (κ2) is 9.82. The Balaban J connectivity index is 1.56. The Kier molecular flexibility index (Phi) is 7.12. The number of carbonyl (C=O) groups excluding carboxylic acids is 2. The van der Waals surface area contributed by atoms with Crippen molar-refractivity contribution in [3.05, 3.63) is 69.8 Å². The molecule has 10 nitrogen and oxygen atoms in total. The van der Waals surface area contributed by atoms with Crippen LogP contribution in [0.5, 0.6) is 0 Å². The van der Waals surface area contributed by atoms with E-state index in [1.165, 1.54) is 35.5 Å². The van der Waals surface area contributed by atoms with E-state index in [4.69, 9.17) is 0 Å². The molecule has 0 aliphatic carbocycles. The highest BCUT2D eigenvalue weighted by Gasteiger charge is 2.17. The Morgan fingerprint density at radius 3 is 2.42 bits per heavy atom. The highest BCUT2D eigenvalue weighted by atomic mass is 32.2. The van der Waals surface area contributed by atoms with Crippen LogP contribution >= 0.6 is 11.8 Å². The van der Waals surface area contributed by atoms with Gasteiger partial charge in [0.15, 0.2) is 11.0 Å². The molecule has 0 saturated carbocycles. The van der Waals surface area contributed by atoms with Gasteiger partial charge in [0.05, 0.1) is 10.7 Å². The number of carbonyl (C=O) groups is 2. The van der Waals surface area contributed by atoms with Gasteiger partial charge in [0.25, 0.3) is 11.6 Å². The van der Waals surface area contributed by atoms with E-state index in [1.807, 2.05) is 19.2 Å². The number of hydrazine groups is 1. The Bertz CT molecular complexity index is 1180. The molecule has 33 heavy (non-hydrogen) atoms. The number of benzene rings is 2. The van der Waals surface area contributed by atoms with Crippen LogP contribution in [0, 0.1) is 10.1 Å². The molecule has 11 heteroatoms. The van der Waals surface area contributed by atoms with E-state index in [1.54, 1.807) is 4.57 Å². The van der Waals surface area contributed by atoms with Gasteiger partial charge in [-0.15, -0.1) is 10.2 Å². The molecule has 0 bridgehead atoms. The number of thioether (sulfide) groups is 1. The summed E-state index contributed by atoms with van der Waals surface area (Å²) in [5.74, 6) is -0.448. The fourth-order valence-electron chi connectivity index (χ4n) is 2.94. The fourth-order valence-corrected chi connectivity index (χ4v) is 3.65. The number of rotatable bonds is 6. The number of hydrogen-bond acceptors (Lipinski definition) is 7. The van der Waals surface area contributed by atoms with Gasteiger partial charge in [-0.2, -0.15) is 0 Å². The highest BCUT2D eigenvalue weighted by molar-refractivity contribution is 7.99. The number of nitrogens with one attached hydrogen (secondary N) is 2. The topological polar surface area (TPSA) is 132 Å². The van der Waals surface area contributed by atoms with Crippen LogP contribution in [0.1, 0.15) is 36.7 Å². The zero-order valence-corrected chi connectivity index (χ0v) is 19.5. The predicted octanol–water partition coefficient (Wildman–Crippen LogP) is 3.24. The van der Waals surface area contributed by atoms with Gasteiger partial charge in [0.1, 0.15) is 0 Å². The Labute approximate surface area is 194 Å². The third-order valence-corrected chi connectivity index (χ3v) is 5.83. The third kappa shape index (κ3) is 5.95. The molecule has 0 atom stereocenters. The lowest BCUT2D eigenvalue weighted by Gasteiger charge is -2.19. The van der Waals surface area contributed by atoms with E-state index in [2.05, 4.69) is 54.0 Å². The Morgan fingerprint density at radius 2 is 1.79 bits per heavy atom. The molecule has 172 valence electrons. The molecule has 1 aromatic heterocycles. The summed E-state index contributed by atoms with van der Waals surface area (Å²) < 4.78 is 1.80. The molecule has 2 amide bonds. The number of nitro benzene ring substituents is 1. The molecule has 2 aromatic carbocycles. The van der Waals surface area contributed by atoms with Gasteiger partial charge < -0.3 is 4.57 Å². The van der Waals surface area contributed by atoms with Crippen LogP contribution in [0.3, 0.4) is 0 Å². The van der Waals surface area contributed by atoms with Crippen molar-refractivity contribution in [1.29, 1.82) is 0 Å². The first-order chi connectivity index (χ1) is 15.6. The lowest BCUT2D eigenvalue weighted by molar-refractivity contribution is -0.384. The molecule has 0 unspecified atom stereocenters. The summed E-state index contributed by atoms with van der Waals surface area (Å²) in [6.07, 6.45) is 0. The Morgan fingerprint density at radius 1 is 1.09 bits per heavy atom. The Hall–Kier alpha value is -3.73. The first-order valence-corrected chi connectivity index (χ1v) is 11.0. The number of aromatic nitrogens is 3. The van der Waals surface area contributed by atoms with Crippen molar-refractivity contribution in [2.24, 2.45) is 7.05 Å². The lowest BCUT2D eigenvalue weighted by Crippen LogP contribution is -2.42. The molecule has 0 aliphatic rings. The molecule has 3 rings (SSSR count). The van der Waals surface area contributed by atoms with Crippen LogP contribution in [0.15, 0.2) is 53.7 Å². The molecule has 3 aromatic rings. The normalized spacial score (nSPS) is 11.2. The van der Waals surface area contributed by atoms with Crippen molar-refractivity contribution < 1.29 is 14.5 Å². The average Bonchev–Trinajstić information content (AvgIpc) is 3.15. The van der Waals surface area contributed by atoms with E-state index in [-0.39, 0.29) is 22.4 Å². The van der Waals surface area contributed by atoms with E-state index in [0.717, 1.165) is 11.6 Å². The van der Waals surface area contributed by atoms with Gasteiger partial charge in [-0.3, -0.25) is 30.6 Å². The van der Waals surface area contributed by atoms with Crippen LogP contribution in [0.4, 0.5) is 5.69 Å². The van der Waals surface area contributed by atoms with E-state index >= 15 is 0 Å². The molecular weight excluding hydrogens is 444 g/mol. The summed E-state index contributed by atoms with van der Waals surface area (Å²) in [4.78, 5) is 34.5. The maximum atomic E-state index is 12.1. The molecule has 0 saturated heterocycles. The summed E-state index contributed by atoms with van der Waals surface area (Å²) in [6.45, 7) is 6.45. The van der Waals surface area contributed by atoms with Crippen LogP contribution in [0.25, 0.3) is 11.4 Å². The van der Waals surface area contributed by atoms with Crippen LogP contribution in [-0.2, 0) is 17.3 Å². The van der Waals surface area contributed by atoms with Crippen molar-refractivity contribution in [1.82, 2.24) is 25.6 Å². The maximum Gasteiger partial charge on any atom is 0.270 e. The second-order valence-electron chi connectivity index (χ2n) is 8.29. The van der Waals surface area contributed by atoms with Crippen LogP contribution < -0.4 is 10.9 Å². The molecule has 0 aliphatic heterocycles. The molecule has 2 N–H and O–H groups in total. The zero-order chi connectivity index (χ0) is 24.2. The average molecular weight is 469 g/mol. The quantitative estimate of drug-likeness (QED) is 0.322. The largest absolute Gasteiger partial charge is 0.305 e. The molecular formula is C22H24N6O4S. The van der Waals surface area contributed by atoms with Crippen molar-refractivity contribution in [2.75, 3.05) is 5.75 Å². The summed E-state index contributed by atoms with van der Waals surface area (Å²) in [6, 6.07) is 13.3. The fraction of sp³-hybridized carbons (Fsp3) is 0.273. The first kappa shape index (κ1) is 23.9. The number of non-ortho nitro benzene ring substituents is 1. The van der Waals surface area contributed by atoms with Gasteiger partial charge in [-0.1, -0.05) is 62.9 Å². The number of hydrogen-bond donors (Lipinski definition) is 2. The van der Waals surface area contributed by atoms with Crippen molar-refractivity contribution in [2.45, 2.75) is 31.3 Å². The summed E-state index contributed by atoms with van der Waals surface area (Å²) in [5.41, 5.74) is 6.57. The van der Waals surface area contributed by atoms with E-state index < -0.39 is 16.7 Å². The van der Waals surface area contributed by atoms with Crippen LogP contribution in [-0.4, -0.2) is 37.3 Å². The first-order valence-electron chi connectivity index (χ1n) is 10.0. The van der Waals surface area contributed by atoms with Crippen molar-refractivity contribution >= 4 is 29.3 Å². The molecule has 0 fully saturated rings. The van der Waals surface area contributed by atoms with E-state index in [0.29, 0.717) is 11.0 Å². The van der Waals surface area contributed by atoms with Gasteiger partial charge in [-0.25, -0.2) is 0 Å². The lowest BCUT2D eigenvalue weighted by atomic mass is 9.87. The number of nitrogens with zero attached hydrogens (tertiary/aromatic N) is 4. The molecule has 0 spiro atoms. The van der Waals surface area contributed by atoms with Gasteiger partial charge in [0.2, 0.25) is 5.91 Å².